The number of rotatable bonds is 5. The highest BCUT2D eigenvalue weighted by molar-refractivity contribution is 7.09. The number of fused-ring (bicyclic) bond motifs is 2. The number of piperidine rings is 1. The van der Waals surface area contributed by atoms with Gasteiger partial charge in [-0.3, -0.25) is 9.69 Å². The van der Waals surface area contributed by atoms with Gasteiger partial charge in [0.1, 0.15) is 11.4 Å². The van der Waals surface area contributed by atoms with Gasteiger partial charge < -0.3 is 14.2 Å². The molecule has 7 heteroatoms. The molecular weight excluding hydrogens is 360 g/mol. The Morgan fingerprint density at radius 2 is 2.15 bits per heavy atom. The van der Waals surface area contributed by atoms with E-state index in [1.807, 2.05) is 31.1 Å². The zero-order valence-electron chi connectivity index (χ0n) is 16.1. The monoisotopic (exact) mass is 388 g/mol. The van der Waals surface area contributed by atoms with Gasteiger partial charge in [0.2, 0.25) is 0 Å². The lowest BCUT2D eigenvalue weighted by Gasteiger charge is -2.46. The number of hydrogen-bond acceptors (Lipinski definition) is 5. The SMILES string of the molecule is CCN(CC)C(=O)[C@@H]1Cn2ccnc2C2(CCN(Cc3cccs3)CC2)O1. The number of imidazole rings is 1. The fourth-order valence-corrected chi connectivity index (χ4v) is 5.05. The number of hydrogen-bond donors (Lipinski definition) is 0. The average Bonchev–Trinajstić information content (AvgIpc) is 3.36. The van der Waals surface area contributed by atoms with Crippen LogP contribution in [0.4, 0.5) is 0 Å². The maximum atomic E-state index is 13.0. The van der Waals surface area contributed by atoms with Crippen LogP contribution in [0.25, 0.3) is 0 Å². The van der Waals surface area contributed by atoms with E-state index in [1.54, 1.807) is 11.3 Å². The molecule has 4 rings (SSSR count). The van der Waals surface area contributed by atoms with Crippen LogP contribution in [-0.4, -0.2) is 57.5 Å². The lowest BCUT2D eigenvalue weighted by Crippen LogP contribution is -2.54. The van der Waals surface area contributed by atoms with Crippen LogP contribution in [0.1, 0.15) is 37.4 Å². The summed E-state index contributed by atoms with van der Waals surface area (Å²) in [6, 6.07) is 4.30. The van der Waals surface area contributed by atoms with Gasteiger partial charge in [-0.15, -0.1) is 11.3 Å². The van der Waals surface area contributed by atoms with Crippen molar-refractivity contribution in [1.82, 2.24) is 19.4 Å². The van der Waals surface area contributed by atoms with Crippen molar-refractivity contribution in [2.24, 2.45) is 0 Å². The van der Waals surface area contributed by atoms with Gasteiger partial charge in [-0.25, -0.2) is 4.98 Å². The highest BCUT2D eigenvalue weighted by Crippen LogP contribution is 2.40. The number of amides is 1. The molecule has 2 aliphatic rings. The first kappa shape index (κ1) is 18.7. The number of thiophene rings is 1. The maximum Gasteiger partial charge on any atom is 0.253 e. The Bertz CT molecular complexity index is 761. The molecule has 0 aliphatic carbocycles. The first-order valence-corrected chi connectivity index (χ1v) is 10.8. The van der Waals surface area contributed by atoms with E-state index in [0.717, 1.165) is 38.3 Å². The Labute approximate surface area is 164 Å². The molecule has 6 nitrogen and oxygen atoms in total. The summed E-state index contributed by atoms with van der Waals surface area (Å²) in [6.07, 6.45) is 5.15. The molecule has 27 heavy (non-hydrogen) atoms. The fourth-order valence-electron chi connectivity index (χ4n) is 4.30. The number of likely N-dealkylation sites (tertiary alicyclic amines) is 1. The van der Waals surface area contributed by atoms with Crippen molar-refractivity contribution >= 4 is 17.2 Å². The van der Waals surface area contributed by atoms with Crippen LogP contribution in [0.2, 0.25) is 0 Å². The fraction of sp³-hybridized carbons (Fsp3) is 0.600. The van der Waals surface area contributed by atoms with E-state index in [2.05, 4.69) is 32.0 Å². The van der Waals surface area contributed by atoms with Crippen LogP contribution in [0.3, 0.4) is 0 Å². The molecule has 2 aromatic rings. The molecule has 1 atom stereocenters. The zero-order valence-corrected chi connectivity index (χ0v) is 17.0. The summed E-state index contributed by atoms with van der Waals surface area (Å²) in [5, 5.41) is 2.13. The van der Waals surface area contributed by atoms with E-state index >= 15 is 0 Å². The number of likely N-dealkylation sites (N-methyl/N-ethyl adjacent to an activating group) is 1. The molecule has 1 amide bonds. The molecule has 4 heterocycles. The topological polar surface area (TPSA) is 50.6 Å². The zero-order chi connectivity index (χ0) is 18.9. The predicted molar refractivity (Wildman–Crippen MR) is 106 cm³/mol. The maximum absolute atomic E-state index is 13.0. The second kappa shape index (κ2) is 7.73. The van der Waals surface area contributed by atoms with E-state index in [9.17, 15) is 4.79 Å². The second-order valence-corrected chi connectivity index (χ2v) is 8.40. The van der Waals surface area contributed by atoms with Gasteiger partial charge in [0.25, 0.3) is 5.91 Å². The molecule has 146 valence electrons. The molecule has 0 unspecified atom stereocenters. The lowest BCUT2D eigenvalue weighted by atomic mass is 9.88. The third-order valence-corrected chi connectivity index (χ3v) is 6.69. The first-order chi connectivity index (χ1) is 13.1. The predicted octanol–water partition coefficient (Wildman–Crippen LogP) is 2.70. The molecule has 0 radical (unpaired) electrons. The van der Waals surface area contributed by atoms with Crippen molar-refractivity contribution < 1.29 is 9.53 Å². The highest BCUT2D eigenvalue weighted by atomic mass is 32.1. The summed E-state index contributed by atoms with van der Waals surface area (Å²) in [4.78, 5) is 23.3. The van der Waals surface area contributed by atoms with E-state index < -0.39 is 11.7 Å². The summed E-state index contributed by atoms with van der Waals surface area (Å²) >= 11 is 1.81. The van der Waals surface area contributed by atoms with E-state index in [1.165, 1.54) is 4.88 Å². The summed E-state index contributed by atoms with van der Waals surface area (Å²) in [7, 11) is 0. The Hall–Kier alpha value is -1.70. The minimum Gasteiger partial charge on any atom is -0.352 e. The standard InChI is InChI=1S/C20H28N4O2S/c1-3-23(4-2)18(25)17-15-24-12-9-21-19(24)20(26-17)7-10-22(11-8-20)14-16-6-5-13-27-16/h5-6,9,12-13,17H,3-4,7-8,10-11,14-15H2,1-2H3/t17-/m0/s1. The Balaban J connectivity index is 1.51. The van der Waals surface area contributed by atoms with Crippen LogP contribution < -0.4 is 0 Å². The van der Waals surface area contributed by atoms with Crippen LogP contribution >= 0.6 is 11.3 Å². The molecular formula is C20H28N4O2S. The molecule has 2 aliphatic heterocycles. The van der Waals surface area contributed by atoms with Crippen LogP contribution in [0.15, 0.2) is 29.9 Å². The molecule has 2 aromatic heterocycles. The van der Waals surface area contributed by atoms with Crippen LogP contribution in [0, 0.1) is 0 Å². The number of aromatic nitrogens is 2. The van der Waals surface area contributed by atoms with E-state index in [0.29, 0.717) is 19.6 Å². The molecule has 0 aromatic carbocycles. The largest absolute Gasteiger partial charge is 0.352 e. The van der Waals surface area contributed by atoms with E-state index in [-0.39, 0.29) is 5.91 Å². The van der Waals surface area contributed by atoms with Crippen molar-refractivity contribution in [2.75, 3.05) is 26.2 Å². The average molecular weight is 389 g/mol. The number of nitrogens with zero attached hydrogens (tertiary/aromatic N) is 4. The molecule has 0 saturated carbocycles. The van der Waals surface area contributed by atoms with Crippen molar-refractivity contribution in [3.63, 3.8) is 0 Å². The van der Waals surface area contributed by atoms with Gasteiger partial charge in [-0.05, 0) is 38.1 Å². The van der Waals surface area contributed by atoms with Crippen LogP contribution in [0.5, 0.6) is 0 Å². The van der Waals surface area contributed by atoms with Crippen molar-refractivity contribution in [3.05, 3.63) is 40.6 Å². The van der Waals surface area contributed by atoms with Crippen LogP contribution in [-0.2, 0) is 28.2 Å². The summed E-state index contributed by atoms with van der Waals surface area (Å²) in [5.41, 5.74) is -0.443. The summed E-state index contributed by atoms with van der Waals surface area (Å²) < 4.78 is 8.66. The third-order valence-electron chi connectivity index (χ3n) is 5.83. The van der Waals surface area contributed by atoms with Crippen molar-refractivity contribution in [2.45, 2.75) is 51.5 Å². The number of carbonyl (C=O) groups excluding carboxylic acids is 1. The van der Waals surface area contributed by atoms with Crippen molar-refractivity contribution in [1.29, 1.82) is 0 Å². The van der Waals surface area contributed by atoms with Gasteiger partial charge >= 0.3 is 0 Å². The molecule has 0 N–H and O–H groups in total. The van der Waals surface area contributed by atoms with Gasteiger partial charge in [-0.2, -0.15) is 0 Å². The van der Waals surface area contributed by atoms with E-state index in [4.69, 9.17) is 4.74 Å². The molecule has 0 bridgehead atoms. The normalized spacial score (nSPS) is 21.9. The number of ether oxygens (including phenoxy) is 1. The Morgan fingerprint density at radius 1 is 1.37 bits per heavy atom. The quantitative estimate of drug-likeness (QED) is 0.790. The van der Waals surface area contributed by atoms with Gasteiger partial charge in [0.15, 0.2) is 6.10 Å². The lowest BCUT2D eigenvalue weighted by molar-refractivity contribution is -0.181. The van der Waals surface area contributed by atoms with Gasteiger partial charge in [-0.1, -0.05) is 6.07 Å². The van der Waals surface area contributed by atoms with Crippen molar-refractivity contribution in [3.8, 4) is 0 Å². The third kappa shape index (κ3) is 3.56. The second-order valence-electron chi connectivity index (χ2n) is 7.37. The van der Waals surface area contributed by atoms with Gasteiger partial charge in [0.05, 0.1) is 6.54 Å². The summed E-state index contributed by atoms with van der Waals surface area (Å²) in [5.74, 6) is 1.08. The Kier molecular flexibility index (Phi) is 5.34. The highest BCUT2D eigenvalue weighted by Gasteiger charge is 2.47. The Morgan fingerprint density at radius 3 is 2.81 bits per heavy atom. The minimum absolute atomic E-state index is 0.0970. The molecule has 1 spiro atoms. The molecule has 1 saturated heterocycles. The smallest absolute Gasteiger partial charge is 0.253 e. The number of carbonyl (C=O) groups is 1. The molecule has 1 fully saturated rings. The first-order valence-electron chi connectivity index (χ1n) is 9.88. The van der Waals surface area contributed by atoms with Gasteiger partial charge in [0, 0.05) is 50.0 Å². The summed E-state index contributed by atoms with van der Waals surface area (Å²) in [6.45, 7) is 8.93. The minimum atomic E-state index is -0.443.